The second-order valence-electron chi connectivity index (χ2n) is 5.08. The summed E-state index contributed by atoms with van der Waals surface area (Å²) >= 11 is 0. The van der Waals surface area contributed by atoms with E-state index < -0.39 is 0 Å². The number of aromatic nitrogens is 2. The van der Waals surface area contributed by atoms with E-state index in [1.165, 1.54) is 16.9 Å². The molecule has 0 atom stereocenters. The third kappa shape index (κ3) is 2.24. The van der Waals surface area contributed by atoms with Gasteiger partial charge in [-0.25, -0.2) is 4.98 Å². The van der Waals surface area contributed by atoms with Crippen molar-refractivity contribution < 1.29 is 0 Å². The molecule has 2 aromatic rings. The van der Waals surface area contributed by atoms with Crippen LogP contribution in [0, 0.1) is 6.92 Å². The van der Waals surface area contributed by atoms with Crippen LogP contribution in [-0.2, 0) is 19.5 Å². The summed E-state index contributed by atoms with van der Waals surface area (Å²) in [6, 6.07) is 8.56. The fourth-order valence-electron chi connectivity index (χ4n) is 2.78. The van der Waals surface area contributed by atoms with Crippen molar-refractivity contribution in [2.75, 3.05) is 18.0 Å². The Morgan fingerprint density at radius 2 is 2.11 bits per heavy atom. The first-order valence-corrected chi connectivity index (χ1v) is 6.83. The molecule has 0 fully saturated rings. The molecule has 3 rings (SSSR count). The van der Waals surface area contributed by atoms with Crippen molar-refractivity contribution in [2.45, 2.75) is 26.4 Å². The molecule has 0 amide bonds. The molecule has 4 nitrogen and oxygen atoms in total. The van der Waals surface area contributed by atoms with Crippen LogP contribution in [0.25, 0.3) is 0 Å². The van der Waals surface area contributed by atoms with Crippen LogP contribution in [0.3, 0.4) is 0 Å². The summed E-state index contributed by atoms with van der Waals surface area (Å²) in [5, 5.41) is 0. The number of rotatable bonds is 3. The van der Waals surface area contributed by atoms with E-state index in [1.54, 1.807) is 0 Å². The Labute approximate surface area is 113 Å². The lowest BCUT2D eigenvalue weighted by Crippen LogP contribution is -2.34. The number of nitrogens with two attached hydrogens (primary N) is 1. The quantitative estimate of drug-likeness (QED) is 0.909. The number of hydrogen-bond acceptors (Lipinski definition) is 3. The van der Waals surface area contributed by atoms with Crippen molar-refractivity contribution in [3.05, 3.63) is 47.5 Å². The largest absolute Gasteiger partial charge is 0.364 e. The molecule has 0 radical (unpaired) electrons. The molecule has 0 spiro atoms. The average molecular weight is 256 g/mol. The molecular weight excluding hydrogens is 236 g/mol. The van der Waals surface area contributed by atoms with Gasteiger partial charge in [-0.15, -0.1) is 0 Å². The minimum Gasteiger partial charge on any atom is -0.364 e. The summed E-state index contributed by atoms with van der Waals surface area (Å²) in [4.78, 5) is 6.93. The van der Waals surface area contributed by atoms with Gasteiger partial charge >= 0.3 is 0 Å². The molecule has 100 valence electrons. The van der Waals surface area contributed by atoms with Gasteiger partial charge in [-0.05, 0) is 25.1 Å². The van der Waals surface area contributed by atoms with Crippen molar-refractivity contribution in [3.8, 4) is 0 Å². The van der Waals surface area contributed by atoms with Crippen LogP contribution >= 0.6 is 0 Å². The van der Waals surface area contributed by atoms with Crippen LogP contribution in [0.2, 0.25) is 0 Å². The second kappa shape index (κ2) is 5.05. The number of aryl methyl sites for hydroxylation is 1. The van der Waals surface area contributed by atoms with Gasteiger partial charge < -0.3 is 15.2 Å². The SMILES string of the molecule is Cc1ccccc1N1CCn2cnc(CCN)c2C1. The zero-order valence-corrected chi connectivity index (χ0v) is 11.3. The van der Waals surface area contributed by atoms with Crippen LogP contribution < -0.4 is 10.6 Å². The maximum absolute atomic E-state index is 5.66. The lowest BCUT2D eigenvalue weighted by atomic mass is 10.1. The van der Waals surface area contributed by atoms with Crippen molar-refractivity contribution in [3.63, 3.8) is 0 Å². The van der Waals surface area contributed by atoms with Gasteiger partial charge in [0.15, 0.2) is 0 Å². The summed E-state index contributed by atoms with van der Waals surface area (Å²) in [7, 11) is 0. The van der Waals surface area contributed by atoms with E-state index in [4.69, 9.17) is 5.73 Å². The summed E-state index contributed by atoms with van der Waals surface area (Å²) in [5.74, 6) is 0. The third-order valence-electron chi connectivity index (χ3n) is 3.82. The van der Waals surface area contributed by atoms with E-state index >= 15 is 0 Å². The molecule has 19 heavy (non-hydrogen) atoms. The van der Waals surface area contributed by atoms with Crippen LogP contribution in [0.4, 0.5) is 5.69 Å². The van der Waals surface area contributed by atoms with Gasteiger partial charge in [0.1, 0.15) is 0 Å². The fraction of sp³-hybridized carbons (Fsp3) is 0.400. The molecule has 1 aliphatic heterocycles. The Hall–Kier alpha value is -1.81. The highest BCUT2D eigenvalue weighted by Crippen LogP contribution is 2.25. The van der Waals surface area contributed by atoms with E-state index in [9.17, 15) is 0 Å². The molecule has 1 aliphatic rings. The lowest BCUT2D eigenvalue weighted by molar-refractivity contribution is 0.567. The predicted octanol–water partition coefficient (Wildman–Crippen LogP) is 1.71. The van der Waals surface area contributed by atoms with Gasteiger partial charge in [0, 0.05) is 25.2 Å². The topological polar surface area (TPSA) is 47.1 Å². The van der Waals surface area contributed by atoms with Gasteiger partial charge in [0.2, 0.25) is 0 Å². The fourth-order valence-corrected chi connectivity index (χ4v) is 2.78. The molecule has 4 heteroatoms. The van der Waals surface area contributed by atoms with E-state index in [2.05, 4.69) is 45.6 Å². The van der Waals surface area contributed by atoms with Crippen LogP contribution in [-0.4, -0.2) is 22.6 Å². The van der Waals surface area contributed by atoms with Crippen molar-refractivity contribution in [1.29, 1.82) is 0 Å². The predicted molar refractivity (Wildman–Crippen MR) is 77.2 cm³/mol. The Morgan fingerprint density at radius 3 is 2.89 bits per heavy atom. The number of anilines is 1. The van der Waals surface area contributed by atoms with E-state index in [0.717, 1.165) is 31.7 Å². The third-order valence-corrected chi connectivity index (χ3v) is 3.82. The Balaban J connectivity index is 1.89. The molecular formula is C15H20N4. The number of imidazole rings is 1. The summed E-state index contributed by atoms with van der Waals surface area (Å²) < 4.78 is 2.26. The van der Waals surface area contributed by atoms with Crippen molar-refractivity contribution >= 4 is 5.69 Å². The first-order valence-electron chi connectivity index (χ1n) is 6.83. The van der Waals surface area contributed by atoms with E-state index in [-0.39, 0.29) is 0 Å². The highest BCUT2D eigenvalue weighted by molar-refractivity contribution is 5.53. The van der Waals surface area contributed by atoms with E-state index in [1.807, 2.05) is 6.33 Å². The molecule has 1 aromatic carbocycles. The van der Waals surface area contributed by atoms with Crippen LogP contribution in [0.1, 0.15) is 17.0 Å². The number of benzene rings is 1. The van der Waals surface area contributed by atoms with Gasteiger partial charge in [0.25, 0.3) is 0 Å². The van der Waals surface area contributed by atoms with Crippen molar-refractivity contribution in [1.82, 2.24) is 9.55 Å². The van der Waals surface area contributed by atoms with Crippen LogP contribution in [0.15, 0.2) is 30.6 Å². The summed E-state index contributed by atoms with van der Waals surface area (Å²) in [6.45, 7) is 5.80. The first kappa shape index (κ1) is 12.2. The normalized spacial score (nSPS) is 14.5. The first-order chi connectivity index (χ1) is 9.29. The number of hydrogen-bond donors (Lipinski definition) is 1. The lowest BCUT2D eigenvalue weighted by Gasteiger charge is -2.31. The highest BCUT2D eigenvalue weighted by Gasteiger charge is 2.20. The monoisotopic (exact) mass is 256 g/mol. The van der Waals surface area contributed by atoms with Gasteiger partial charge in [-0.2, -0.15) is 0 Å². The molecule has 0 saturated carbocycles. The average Bonchev–Trinajstić information content (AvgIpc) is 2.82. The zero-order chi connectivity index (χ0) is 13.2. The zero-order valence-electron chi connectivity index (χ0n) is 11.3. The minimum absolute atomic E-state index is 0.661. The molecule has 0 unspecified atom stereocenters. The number of para-hydroxylation sites is 1. The standard InChI is InChI=1S/C15H20N4/c1-12-4-2-3-5-14(12)18-8-9-19-11-17-13(6-7-16)15(19)10-18/h2-5,11H,6-10,16H2,1H3. The molecule has 2 heterocycles. The van der Waals surface area contributed by atoms with Gasteiger partial charge in [-0.1, -0.05) is 18.2 Å². The molecule has 0 bridgehead atoms. The van der Waals surface area contributed by atoms with E-state index in [0.29, 0.717) is 6.54 Å². The van der Waals surface area contributed by atoms with Crippen LogP contribution in [0.5, 0.6) is 0 Å². The minimum atomic E-state index is 0.661. The highest BCUT2D eigenvalue weighted by atomic mass is 15.2. The molecule has 1 aromatic heterocycles. The number of fused-ring (bicyclic) bond motifs is 1. The summed E-state index contributed by atoms with van der Waals surface area (Å²) in [5.41, 5.74) is 10.8. The Morgan fingerprint density at radius 1 is 1.26 bits per heavy atom. The van der Waals surface area contributed by atoms with Gasteiger partial charge in [-0.3, -0.25) is 0 Å². The molecule has 0 saturated heterocycles. The molecule has 0 aliphatic carbocycles. The second-order valence-corrected chi connectivity index (χ2v) is 5.08. The number of nitrogens with zero attached hydrogens (tertiary/aromatic N) is 3. The Bertz CT molecular complexity index is 573. The maximum Gasteiger partial charge on any atom is 0.0952 e. The van der Waals surface area contributed by atoms with Gasteiger partial charge in [0.05, 0.1) is 24.3 Å². The smallest absolute Gasteiger partial charge is 0.0952 e. The molecule has 2 N–H and O–H groups in total. The summed E-state index contributed by atoms with van der Waals surface area (Å²) in [6.07, 6.45) is 2.82. The van der Waals surface area contributed by atoms with Crippen molar-refractivity contribution in [2.24, 2.45) is 5.73 Å². The maximum atomic E-state index is 5.66. The Kier molecular flexibility index (Phi) is 3.25.